The smallest absolute Gasteiger partial charge is 0.261 e. The van der Waals surface area contributed by atoms with Gasteiger partial charge in [-0.15, -0.1) is 11.3 Å². The minimum absolute atomic E-state index is 0.102. The van der Waals surface area contributed by atoms with E-state index < -0.39 is 0 Å². The number of hydrogen-bond donors (Lipinski definition) is 2. The Kier molecular flexibility index (Phi) is 3.69. The molecule has 0 spiro atoms. The summed E-state index contributed by atoms with van der Waals surface area (Å²) in [5, 5.41) is 11.1. The lowest BCUT2D eigenvalue weighted by atomic mass is 10.2. The van der Waals surface area contributed by atoms with Crippen LogP contribution in [0, 0.1) is 18.8 Å². The van der Waals surface area contributed by atoms with E-state index >= 15 is 0 Å². The molecular weight excluding hydrogens is 198 g/mol. The van der Waals surface area contributed by atoms with E-state index in [-0.39, 0.29) is 12.5 Å². The number of nitrogens with one attached hydrogen (secondary N) is 1. The molecule has 1 amide bonds. The van der Waals surface area contributed by atoms with Gasteiger partial charge in [-0.2, -0.15) is 0 Å². The number of carbonyl (C=O) groups is 1. The summed E-state index contributed by atoms with van der Waals surface area (Å²) in [6.45, 7) is 1.73. The zero-order valence-electron chi connectivity index (χ0n) is 8.05. The Morgan fingerprint density at radius 2 is 2.43 bits per heavy atom. The Morgan fingerprint density at radius 1 is 1.71 bits per heavy atom. The van der Waals surface area contributed by atoms with E-state index in [1.165, 1.54) is 11.3 Å². The van der Waals surface area contributed by atoms with Gasteiger partial charge in [0.25, 0.3) is 5.91 Å². The normalized spacial score (nSPS) is 9.07. The maximum atomic E-state index is 11.3. The molecular formula is C10H11NO2S. The highest BCUT2D eigenvalue weighted by atomic mass is 32.1. The summed E-state index contributed by atoms with van der Waals surface area (Å²) in [6.07, 6.45) is 0. The predicted octanol–water partition coefficient (Wildman–Crippen LogP) is 0.760. The van der Waals surface area contributed by atoms with Crippen molar-refractivity contribution >= 4 is 17.2 Å². The average Bonchev–Trinajstić information content (AvgIpc) is 2.56. The van der Waals surface area contributed by atoms with Gasteiger partial charge in [0, 0.05) is 7.05 Å². The second-order valence-corrected chi connectivity index (χ2v) is 3.71. The zero-order valence-corrected chi connectivity index (χ0v) is 8.86. The third-order valence-electron chi connectivity index (χ3n) is 1.65. The highest BCUT2D eigenvalue weighted by Crippen LogP contribution is 2.20. The lowest BCUT2D eigenvalue weighted by Crippen LogP contribution is -2.16. The first-order chi connectivity index (χ1) is 6.69. The Labute approximate surface area is 86.8 Å². The molecule has 0 radical (unpaired) electrons. The number of hydrogen-bond acceptors (Lipinski definition) is 3. The lowest BCUT2D eigenvalue weighted by molar-refractivity contribution is 0.0967. The van der Waals surface area contributed by atoms with E-state index in [9.17, 15) is 4.79 Å². The first-order valence-electron chi connectivity index (χ1n) is 4.11. The van der Waals surface area contributed by atoms with Crippen LogP contribution in [0.1, 0.15) is 20.1 Å². The van der Waals surface area contributed by atoms with Gasteiger partial charge < -0.3 is 10.4 Å². The third-order valence-corrected chi connectivity index (χ3v) is 2.80. The Balaban J connectivity index is 2.99. The van der Waals surface area contributed by atoms with Crippen LogP contribution in [-0.4, -0.2) is 24.7 Å². The number of carbonyl (C=O) groups excluding carboxylic acids is 1. The van der Waals surface area contributed by atoms with E-state index in [4.69, 9.17) is 5.11 Å². The molecule has 0 bridgehead atoms. The molecule has 74 valence electrons. The van der Waals surface area contributed by atoms with Crippen LogP contribution in [0.15, 0.2) is 6.07 Å². The van der Waals surface area contributed by atoms with Crippen LogP contribution in [0.5, 0.6) is 0 Å². The van der Waals surface area contributed by atoms with Gasteiger partial charge in [-0.05, 0) is 18.6 Å². The molecule has 1 aromatic rings. The Hall–Kier alpha value is -1.31. The zero-order chi connectivity index (χ0) is 10.6. The third kappa shape index (κ3) is 2.34. The number of aliphatic hydroxyl groups excluding tert-OH is 1. The van der Waals surface area contributed by atoms with Crippen LogP contribution in [0.25, 0.3) is 0 Å². The van der Waals surface area contributed by atoms with Crippen LogP contribution in [0.3, 0.4) is 0 Å². The second kappa shape index (κ2) is 4.80. The molecule has 3 nitrogen and oxygen atoms in total. The fraction of sp³-hybridized carbons (Fsp3) is 0.300. The van der Waals surface area contributed by atoms with E-state index in [0.29, 0.717) is 4.88 Å². The van der Waals surface area contributed by atoms with Crippen LogP contribution in [0.2, 0.25) is 0 Å². The molecule has 0 saturated carbocycles. The molecule has 0 aromatic carbocycles. The number of aliphatic hydroxyl groups is 1. The number of aryl methyl sites for hydroxylation is 1. The van der Waals surface area contributed by atoms with Crippen LogP contribution in [-0.2, 0) is 0 Å². The fourth-order valence-corrected chi connectivity index (χ4v) is 1.95. The first-order valence-corrected chi connectivity index (χ1v) is 4.93. The van der Waals surface area contributed by atoms with E-state index in [2.05, 4.69) is 17.2 Å². The van der Waals surface area contributed by atoms with Gasteiger partial charge in [0.15, 0.2) is 0 Å². The maximum absolute atomic E-state index is 11.3. The SMILES string of the molecule is CNC(=O)c1cc(C)c(C#CCO)s1. The van der Waals surface area contributed by atoms with Crippen molar-refractivity contribution in [2.24, 2.45) is 0 Å². The minimum Gasteiger partial charge on any atom is -0.384 e. The van der Waals surface area contributed by atoms with Gasteiger partial charge in [-0.1, -0.05) is 11.8 Å². The van der Waals surface area contributed by atoms with Crippen molar-refractivity contribution < 1.29 is 9.90 Å². The molecule has 0 aliphatic rings. The van der Waals surface area contributed by atoms with Crippen LogP contribution in [0.4, 0.5) is 0 Å². The van der Waals surface area contributed by atoms with Crippen molar-refractivity contribution in [2.45, 2.75) is 6.92 Å². The lowest BCUT2D eigenvalue weighted by Gasteiger charge is -1.91. The van der Waals surface area contributed by atoms with E-state index in [0.717, 1.165) is 10.4 Å². The highest BCUT2D eigenvalue weighted by Gasteiger charge is 2.09. The molecule has 1 heterocycles. The summed E-state index contributed by atoms with van der Waals surface area (Å²) >= 11 is 1.34. The summed E-state index contributed by atoms with van der Waals surface area (Å²) in [4.78, 5) is 12.7. The van der Waals surface area contributed by atoms with Crippen molar-refractivity contribution in [3.05, 3.63) is 21.4 Å². The van der Waals surface area contributed by atoms with Crippen molar-refractivity contribution in [2.75, 3.05) is 13.7 Å². The molecule has 1 aromatic heterocycles. The molecule has 0 unspecified atom stereocenters. The number of thiophene rings is 1. The molecule has 0 saturated heterocycles. The van der Waals surface area contributed by atoms with Gasteiger partial charge in [0.05, 0.1) is 9.75 Å². The van der Waals surface area contributed by atoms with Gasteiger partial charge in [0.1, 0.15) is 6.61 Å². The molecule has 0 aliphatic heterocycles. The summed E-state index contributed by atoms with van der Waals surface area (Å²) in [7, 11) is 1.59. The number of amides is 1. The monoisotopic (exact) mass is 209 g/mol. The maximum Gasteiger partial charge on any atom is 0.261 e. The molecule has 2 N–H and O–H groups in total. The standard InChI is InChI=1S/C10H11NO2S/c1-7-6-9(10(13)11-2)14-8(7)4-3-5-12/h6,12H,5H2,1-2H3,(H,11,13). The summed E-state index contributed by atoms with van der Waals surface area (Å²) in [5.74, 6) is 5.26. The fourth-order valence-electron chi connectivity index (χ4n) is 0.961. The molecule has 0 fully saturated rings. The van der Waals surface area contributed by atoms with Crippen molar-refractivity contribution in [3.63, 3.8) is 0 Å². The largest absolute Gasteiger partial charge is 0.384 e. The van der Waals surface area contributed by atoms with E-state index in [1.54, 1.807) is 13.1 Å². The van der Waals surface area contributed by atoms with Crippen LogP contribution < -0.4 is 5.32 Å². The Morgan fingerprint density at radius 3 is 3.00 bits per heavy atom. The molecule has 4 heteroatoms. The quantitative estimate of drug-likeness (QED) is 0.671. The number of rotatable bonds is 1. The van der Waals surface area contributed by atoms with Crippen molar-refractivity contribution in [1.29, 1.82) is 0 Å². The summed E-state index contributed by atoms with van der Waals surface area (Å²) in [5.41, 5.74) is 0.967. The second-order valence-electron chi connectivity index (χ2n) is 2.66. The Bertz CT molecular complexity index is 398. The summed E-state index contributed by atoms with van der Waals surface area (Å²) in [6, 6.07) is 1.80. The van der Waals surface area contributed by atoms with Crippen LogP contribution >= 0.6 is 11.3 Å². The summed E-state index contributed by atoms with van der Waals surface area (Å²) < 4.78 is 0. The van der Waals surface area contributed by atoms with Gasteiger partial charge in [0.2, 0.25) is 0 Å². The predicted molar refractivity (Wildman–Crippen MR) is 56.4 cm³/mol. The topological polar surface area (TPSA) is 49.3 Å². The first kappa shape index (κ1) is 10.8. The highest BCUT2D eigenvalue weighted by molar-refractivity contribution is 7.14. The minimum atomic E-state index is -0.160. The van der Waals surface area contributed by atoms with Crippen molar-refractivity contribution in [1.82, 2.24) is 5.32 Å². The van der Waals surface area contributed by atoms with Crippen molar-refractivity contribution in [3.8, 4) is 11.8 Å². The molecule has 0 aliphatic carbocycles. The molecule has 0 atom stereocenters. The average molecular weight is 209 g/mol. The molecule has 1 rings (SSSR count). The van der Waals surface area contributed by atoms with Gasteiger partial charge in [-0.25, -0.2) is 0 Å². The van der Waals surface area contributed by atoms with Gasteiger partial charge in [-0.3, -0.25) is 4.79 Å². The van der Waals surface area contributed by atoms with Gasteiger partial charge >= 0.3 is 0 Å². The molecule has 14 heavy (non-hydrogen) atoms. The van der Waals surface area contributed by atoms with E-state index in [1.807, 2.05) is 6.92 Å².